The Morgan fingerprint density at radius 3 is 2.80 bits per heavy atom. The molecule has 1 heterocycles. The maximum absolute atomic E-state index is 13.1. The maximum atomic E-state index is 13.1. The van der Waals surface area contributed by atoms with E-state index in [4.69, 9.17) is 16.3 Å². The van der Waals surface area contributed by atoms with Gasteiger partial charge >= 0.3 is 0 Å². The predicted molar refractivity (Wildman–Crippen MR) is 78.7 cm³/mol. The lowest BCUT2D eigenvalue weighted by Gasteiger charge is -2.05. The average molecular weight is 290 g/mol. The molecule has 0 unspecified atom stereocenters. The smallest absolute Gasteiger partial charge is 0.126 e. The molecule has 0 radical (unpaired) electrons. The van der Waals surface area contributed by atoms with Crippen molar-refractivity contribution in [3.63, 3.8) is 0 Å². The Bertz CT molecular complexity index is 766. The molecule has 0 saturated heterocycles. The van der Waals surface area contributed by atoms with Gasteiger partial charge in [-0.3, -0.25) is 0 Å². The molecule has 0 N–H and O–H groups in total. The second-order valence-corrected chi connectivity index (χ2v) is 5.05. The minimum absolute atomic E-state index is 0.307. The van der Waals surface area contributed by atoms with Crippen LogP contribution in [0.1, 0.15) is 5.56 Å². The number of benzene rings is 2. The molecule has 0 atom stereocenters. The van der Waals surface area contributed by atoms with Crippen LogP contribution < -0.4 is 4.74 Å². The van der Waals surface area contributed by atoms with Crippen LogP contribution in [0.3, 0.4) is 0 Å². The van der Waals surface area contributed by atoms with Crippen LogP contribution in [0.4, 0.5) is 4.39 Å². The molecule has 4 heteroatoms. The van der Waals surface area contributed by atoms with Crippen LogP contribution in [0.2, 0.25) is 5.02 Å². The zero-order valence-corrected chi connectivity index (χ0v) is 11.7. The van der Waals surface area contributed by atoms with Crippen LogP contribution >= 0.6 is 11.6 Å². The van der Waals surface area contributed by atoms with Gasteiger partial charge in [0.05, 0.1) is 5.02 Å². The average Bonchev–Trinajstić information content (AvgIpc) is 2.75. The third kappa shape index (κ3) is 2.37. The van der Waals surface area contributed by atoms with Crippen molar-refractivity contribution < 1.29 is 9.13 Å². The highest BCUT2D eigenvalue weighted by molar-refractivity contribution is 6.35. The highest BCUT2D eigenvalue weighted by Crippen LogP contribution is 2.29. The third-order valence-electron chi connectivity index (χ3n) is 3.23. The van der Waals surface area contributed by atoms with E-state index in [1.807, 2.05) is 36.0 Å². The standard InChI is InChI=1S/C16H13ClFNO/c1-19-9-11(16-14(17)6-3-7-15(16)19)10-20-13-5-2-4-12(18)8-13/h2-9H,10H2,1H3. The Balaban J connectivity index is 1.92. The number of aromatic nitrogens is 1. The molecular weight excluding hydrogens is 277 g/mol. The molecule has 0 aliphatic carbocycles. The van der Waals surface area contributed by atoms with Gasteiger partial charge in [0.15, 0.2) is 0 Å². The Morgan fingerprint density at radius 1 is 1.20 bits per heavy atom. The van der Waals surface area contributed by atoms with Gasteiger partial charge in [0.2, 0.25) is 0 Å². The van der Waals surface area contributed by atoms with Crippen molar-refractivity contribution in [2.45, 2.75) is 6.61 Å². The molecule has 0 fully saturated rings. The highest BCUT2D eigenvalue weighted by atomic mass is 35.5. The van der Waals surface area contributed by atoms with Gasteiger partial charge in [-0.1, -0.05) is 23.7 Å². The molecular formula is C16H13ClFNO. The van der Waals surface area contributed by atoms with Crippen LogP contribution in [-0.4, -0.2) is 4.57 Å². The molecule has 0 aliphatic heterocycles. The molecule has 2 nitrogen and oxygen atoms in total. The molecule has 3 rings (SSSR count). The van der Waals surface area contributed by atoms with Gasteiger partial charge in [0.1, 0.15) is 18.2 Å². The molecule has 0 spiro atoms. The number of ether oxygens (including phenoxy) is 1. The van der Waals surface area contributed by atoms with Gasteiger partial charge < -0.3 is 9.30 Å². The van der Waals surface area contributed by atoms with Crippen molar-refractivity contribution in [1.82, 2.24) is 4.57 Å². The lowest BCUT2D eigenvalue weighted by molar-refractivity contribution is 0.306. The van der Waals surface area contributed by atoms with E-state index >= 15 is 0 Å². The first kappa shape index (κ1) is 13.0. The summed E-state index contributed by atoms with van der Waals surface area (Å²) in [5.41, 5.74) is 2.03. The largest absolute Gasteiger partial charge is 0.489 e. The van der Waals surface area contributed by atoms with Crippen molar-refractivity contribution in [2.75, 3.05) is 0 Å². The minimum atomic E-state index is -0.307. The topological polar surface area (TPSA) is 14.2 Å². The quantitative estimate of drug-likeness (QED) is 0.690. The molecule has 0 bridgehead atoms. The molecule has 2 aromatic carbocycles. The Labute approximate surface area is 121 Å². The van der Waals surface area contributed by atoms with Crippen LogP contribution in [-0.2, 0) is 13.7 Å². The Morgan fingerprint density at radius 2 is 2.00 bits per heavy atom. The summed E-state index contributed by atoms with van der Waals surface area (Å²) in [6.07, 6.45) is 1.98. The van der Waals surface area contributed by atoms with Gasteiger partial charge in [-0.05, 0) is 24.3 Å². The van der Waals surface area contributed by atoms with Crippen molar-refractivity contribution in [1.29, 1.82) is 0 Å². The molecule has 0 amide bonds. The fourth-order valence-electron chi connectivity index (χ4n) is 2.32. The first-order valence-corrected chi connectivity index (χ1v) is 6.64. The molecule has 0 saturated carbocycles. The number of hydrogen-bond donors (Lipinski definition) is 0. The summed E-state index contributed by atoms with van der Waals surface area (Å²) < 4.78 is 20.8. The lowest BCUT2D eigenvalue weighted by atomic mass is 10.2. The van der Waals surface area contributed by atoms with Gasteiger partial charge in [0.25, 0.3) is 0 Å². The number of halogens is 2. The Hall–Kier alpha value is -2.00. The van der Waals surface area contributed by atoms with E-state index in [-0.39, 0.29) is 5.82 Å². The fraction of sp³-hybridized carbons (Fsp3) is 0.125. The van der Waals surface area contributed by atoms with Gasteiger partial charge in [-0.15, -0.1) is 0 Å². The zero-order chi connectivity index (χ0) is 14.1. The molecule has 20 heavy (non-hydrogen) atoms. The summed E-state index contributed by atoms with van der Waals surface area (Å²) in [5.74, 6) is 0.201. The van der Waals surface area contributed by atoms with E-state index in [1.165, 1.54) is 12.1 Å². The number of hydrogen-bond acceptors (Lipinski definition) is 1. The van der Waals surface area contributed by atoms with E-state index in [1.54, 1.807) is 12.1 Å². The summed E-state index contributed by atoms with van der Waals surface area (Å²) in [5, 5.41) is 1.68. The summed E-state index contributed by atoms with van der Waals surface area (Å²) in [6.45, 7) is 0.352. The van der Waals surface area contributed by atoms with Crippen molar-refractivity contribution in [3.05, 3.63) is 65.1 Å². The van der Waals surface area contributed by atoms with Crippen LogP contribution in [0, 0.1) is 5.82 Å². The first-order valence-electron chi connectivity index (χ1n) is 6.26. The van der Waals surface area contributed by atoms with Crippen LogP contribution in [0.25, 0.3) is 10.9 Å². The lowest BCUT2D eigenvalue weighted by Crippen LogP contribution is -1.95. The summed E-state index contributed by atoms with van der Waals surface area (Å²) in [6, 6.07) is 11.9. The number of fused-ring (bicyclic) bond motifs is 1. The zero-order valence-electron chi connectivity index (χ0n) is 10.9. The number of aryl methyl sites for hydroxylation is 1. The summed E-state index contributed by atoms with van der Waals surface area (Å²) in [4.78, 5) is 0. The SMILES string of the molecule is Cn1cc(COc2cccc(F)c2)c2c(Cl)cccc21. The van der Waals surface area contributed by atoms with Gasteiger partial charge in [-0.2, -0.15) is 0 Å². The molecule has 3 aromatic rings. The fourth-order valence-corrected chi connectivity index (χ4v) is 2.61. The number of nitrogens with zero attached hydrogens (tertiary/aromatic N) is 1. The Kier molecular flexibility index (Phi) is 3.36. The first-order chi connectivity index (χ1) is 9.65. The van der Waals surface area contributed by atoms with E-state index in [2.05, 4.69) is 0 Å². The predicted octanol–water partition coefficient (Wildman–Crippen LogP) is 4.55. The third-order valence-corrected chi connectivity index (χ3v) is 3.55. The van der Waals surface area contributed by atoms with E-state index in [0.29, 0.717) is 17.4 Å². The van der Waals surface area contributed by atoms with Crippen molar-refractivity contribution in [3.8, 4) is 5.75 Å². The normalized spacial score (nSPS) is 10.9. The van der Waals surface area contributed by atoms with Crippen LogP contribution in [0.15, 0.2) is 48.7 Å². The van der Waals surface area contributed by atoms with Crippen LogP contribution in [0.5, 0.6) is 5.75 Å². The van der Waals surface area contributed by atoms with Gasteiger partial charge in [0, 0.05) is 35.8 Å². The maximum Gasteiger partial charge on any atom is 0.126 e. The van der Waals surface area contributed by atoms with Crippen molar-refractivity contribution in [2.24, 2.45) is 7.05 Å². The minimum Gasteiger partial charge on any atom is -0.489 e. The summed E-state index contributed by atoms with van der Waals surface area (Å²) in [7, 11) is 1.96. The molecule has 1 aromatic heterocycles. The van der Waals surface area contributed by atoms with Gasteiger partial charge in [-0.25, -0.2) is 4.39 Å². The van der Waals surface area contributed by atoms with E-state index in [9.17, 15) is 4.39 Å². The second kappa shape index (κ2) is 5.17. The number of rotatable bonds is 3. The monoisotopic (exact) mass is 289 g/mol. The second-order valence-electron chi connectivity index (χ2n) is 4.65. The summed E-state index contributed by atoms with van der Waals surface area (Å²) >= 11 is 6.25. The highest BCUT2D eigenvalue weighted by Gasteiger charge is 2.10. The van der Waals surface area contributed by atoms with E-state index in [0.717, 1.165) is 16.5 Å². The van der Waals surface area contributed by atoms with Crippen molar-refractivity contribution >= 4 is 22.5 Å². The molecule has 102 valence electrons. The molecule has 0 aliphatic rings. The van der Waals surface area contributed by atoms with E-state index < -0.39 is 0 Å².